The number of fused-ring (bicyclic) bond motifs is 2. The molecule has 0 fully saturated rings. The summed E-state index contributed by atoms with van der Waals surface area (Å²) in [7, 11) is 0. The largest absolute Gasteiger partial charge is 0.454 e. The summed E-state index contributed by atoms with van der Waals surface area (Å²) < 4.78 is 7.79. The molecule has 1 N–H and O–H groups in total. The van der Waals surface area contributed by atoms with E-state index in [-0.39, 0.29) is 0 Å². The lowest BCUT2D eigenvalue weighted by Gasteiger charge is -2.04. The summed E-state index contributed by atoms with van der Waals surface area (Å²) in [4.78, 5) is 4.38. The van der Waals surface area contributed by atoms with E-state index < -0.39 is 0 Å². The van der Waals surface area contributed by atoms with E-state index in [1.165, 1.54) is 0 Å². The highest BCUT2D eigenvalue weighted by molar-refractivity contribution is 5.78. The molecule has 1 aromatic carbocycles. The van der Waals surface area contributed by atoms with Crippen LogP contribution in [0.25, 0.3) is 27.9 Å². The SMILES string of the molecule is O/N=c1/cc(-c2cc3cccn3cn2)oc2ccccc12. The molecule has 5 nitrogen and oxygen atoms in total. The first kappa shape index (κ1) is 11.7. The van der Waals surface area contributed by atoms with Crippen LogP contribution in [0.15, 0.2) is 70.6 Å². The molecular weight excluding hydrogens is 266 g/mol. The first-order chi connectivity index (χ1) is 10.3. The lowest BCUT2D eigenvalue weighted by atomic mass is 10.2. The van der Waals surface area contributed by atoms with Gasteiger partial charge in [-0.3, -0.25) is 0 Å². The van der Waals surface area contributed by atoms with E-state index >= 15 is 0 Å². The molecular formula is C16H11N3O2. The quantitative estimate of drug-likeness (QED) is 0.429. The summed E-state index contributed by atoms with van der Waals surface area (Å²) in [6.07, 6.45) is 3.66. The number of hydrogen-bond acceptors (Lipinski definition) is 4. The van der Waals surface area contributed by atoms with E-state index in [4.69, 9.17) is 4.42 Å². The third kappa shape index (κ3) is 1.87. The van der Waals surface area contributed by atoms with Crippen molar-refractivity contribution in [3.63, 3.8) is 0 Å². The van der Waals surface area contributed by atoms with Gasteiger partial charge in [0.15, 0.2) is 5.76 Å². The summed E-state index contributed by atoms with van der Waals surface area (Å²) in [6, 6.07) is 15.0. The lowest BCUT2D eigenvalue weighted by molar-refractivity contribution is 0.302. The minimum atomic E-state index is 0.462. The molecule has 0 radical (unpaired) electrons. The zero-order valence-electron chi connectivity index (χ0n) is 11.0. The molecule has 4 aromatic rings. The van der Waals surface area contributed by atoms with Gasteiger partial charge in [0.25, 0.3) is 0 Å². The minimum absolute atomic E-state index is 0.462. The molecule has 0 aliphatic carbocycles. The Balaban J connectivity index is 2.01. The Morgan fingerprint density at radius 2 is 2.00 bits per heavy atom. The summed E-state index contributed by atoms with van der Waals surface area (Å²) in [5, 5.41) is 13.8. The lowest BCUT2D eigenvalue weighted by Crippen LogP contribution is -2.03. The predicted molar refractivity (Wildman–Crippen MR) is 77.7 cm³/mol. The van der Waals surface area contributed by atoms with E-state index in [1.54, 1.807) is 12.4 Å². The van der Waals surface area contributed by atoms with Crippen molar-refractivity contribution in [1.29, 1.82) is 0 Å². The maximum absolute atomic E-state index is 9.20. The second-order valence-corrected chi connectivity index (χ2v) is 4.71. The molecule has 5 heteroatoms. The number of aromatic nitrogens is 2. The smallest absolute Gasteiger partial charge is 0.155 e. The van der Waals surface area contributed by atoms with Crippen molar-refractivity contribution in [2.45, 2.75) is 0 Å². The minimum Gasteiger partial charge on any atom is -0.454 e. The molecule has 0 aliphatic heterocycles. The highest BCUT2D eigenvalue weighted by Crippen LogP contribution is 2.21. The highest BCUT2D eigenvalue weighted by Gasteiger charge is 2.07. The Kier molecular flexibility index (Phi) is 2.50. The van der Waals surface area contributed by atoms with Gasteiger partial charge in [0, 0.05) is 23.2 Å². The van der Waals surface area contributed by atoms with Crippen molar-refractivity contribution in [3.8, 4) is 11.5 Å². The first-order valence-corrected chi connectivity index (χ1v) is 6.49. The second-order valence-electron chi connectivity index (χ2n) is 4.71. The van der Waals surface area contributed by atoms with Crippen molar-refractivity contribution in [2.24, 2.45) is 5.16 Å². The van der Waals surface area contributed by atoms with E-state index in [0.717, 1.165) is 10.9 Å². The monoisotopic (exact) mass is 277 g/mol. The van der Waals surface area contributed by atoms with Crippen molar-refractivity contribution < 1.29 is 9.62 Å². The molecule has 3 aromatic heterocycles. The van der Waals surface area contributed by atoms with Gasteiger partial charge >= 0.3 is 0 Å². The average Bonchev–Trinajstić information content (AvgIpc) is 3.01. The van der Waals surface area contributed by atoms with Crippen LogP contribution in [0.1, 0.15) is 0 Å². The highest BCUT2D eigenvalue weighted by atomic mass is 16.4. The van der Waals surface area contributed by atoms with Gasteiger partial charge in [0.05, 0.1) is 6.33 Å². The van der Waals surface area contributed by atoms with Crippen LogP contribution in [0, 0.1) is 0 Å². The third-order valence-electron chi connectivity index (χ3n) is 3.43. The molecule has 0 atom stereocenters. The molecule has 0 unspecified atom stereocenters. The standard InChI is InChI=1S/C16H11N3O2/c20-18-13-9-16(21-15-6-2-1-5-12(13)15)14-8-11-4-3-7-19(11)10-17-14/h1-10,20H/b18-13-. The van der Waals surface area contributed by atoms with E-state index in [2.05, 4.69) is 10.1 Å². The fraction of sp³-hybridized carbons (Fsp3) is 0. The van der Waals surface area contributed by atoms with E-state index in [1.807, 2.05) is 53.1 Å². The fourth-order valence-corrected chi connectivity index (χ4v) is 2.40. The van der Waals surface area contributed by atoms with Gasteiger partial charge in [0.2, 0.25) is 0 Å². The van der Waals surface area contributed by atoms with Crippen LogP contribution in [0.5, 0.6) is 0 Å². The van der Waals surface area contributed by atoms with Crippen LogP contribution in [0.4, 0.5) is 0 Å². The van der Waals surface area contributed by atoms with Gasteiger partial charge in [-0.2, -0.15) is 0 Å². The molecule has 102 valence electrons. The summed E-state index contributed by atoms with van der Waals surface area (Å²) in [5.74, 6) is 0.560. The second kappa shape index (κ2) is 4.49. The zero-order chi connectivity index (χ0) is 14.2. The Labute approximate surface area is 119 Å². The van der Waals surface area contributed by atoms with Gasteiger partial charge in [-0.15, -0.1) is 0 Å². The molecule has 0 aliphatic rings. The Morgan fingerprint density at radius 1 is 1.10 bits per heavy atom. The topological polar surface area (TPSA) is 63.0 Å². The molecule has 3 heterocycles. The van der Waals surface area contributed by atoms with Crippen LogP contribution >= 0.6 is 0 Å². The van der Waals surface area contributed by atoms with Gasteiger partial charge in [-0.1, -0.05) is 17.3 Å². The molecule has 0 saturated carbocycles. The molecule has 0 bridgehead atoms. The summed E-state index contributed by atoms with van der Waals surface area (Å²) >= 11 is 0. The molecule has 0 amide bonds. The summed E-state index contributed by atoms with van der Waals surface area (Å²) in [5.41, 5.74) is 2.36. The van der Waals surface area contributed by atoms with Gasteiger partial charge < -0.3 is 14.0 Å². The molecule has 0 saturated heterocycles. The number of para-hydroxylation sites is 1. The average molecular weight is 277 g/mol. The number of rotatable bonds is 1. The van der Waals surface area contributed by atoms with Crippen LogP contribution in [0.3, 0.4) is 0 Å². The van der Waals surface area contributed by atoms with Crippen LogP contribution in [0.2, 0.25) is 0 Å². The third-order valence-corrected chi connectivity index (χ3v) is 3.43. The molecule has 4 rings (SSSR count). The Hall–Kier alpha value is -3.08. The normalized spacial score (nSPS) is 12.3. The Morgan fingerprint density at radius 3 is 2.90 bits per heavy atom. The number of nitrogens with zero attached hydrogens (tertiary/aromatic N) is 3. The van der Waals surface area contributed by atoms with E-state index in [0.29, 0.717) is 22.4 Å². The van der Waals surface area contributed by atoms with Crippen LogP contribution in [-0.4, -0.2) is 14.6 Å². The van der Waals surface area contributed by atoms with Gasteiger partial charge in [-0.25, -0.2) is 4.98 Å². The zero-order valence-corrected chi connectivity index (χ0v) is 11.0. The maximum atomic E-state index is 9.20. The first-order valence-electron chi connectivity index (χ1n) is 6.49. The van der Waals surface area contributed by atoms with Crippen molar-refractivity contribution >= 4 is 16.5 Å². The number of hydrogen-bond donors (Lipinski definition) is 1. The van der Waals surface area contributed by atoms with Crippen LogP contribution < -0.4 is 5.36 Å². The fourth-order valence-electron chi connectivity index (χ4n) is 2.40. The van der Waals surface area contributed by atoms with Crippen molar-refractivity contribution in [2.75, 3.05) is 0 Å². The predicted octanol–water partition coefficient (Wildman–Crippen LogP) is 3.04. The van der Waals surface area contributed by atoms with Gasteiger partial charge in [-0.05, 0) is 30.3 Å². The maximum Gasteiger partial charge on any atom is 0.155 e. The van der Waals surface area contributed by atoms with Crippen LogP contribution in [-0.2, 0) is 0 Å². The van der Waals surface area contributed by atoms with Crippen molar-refractivity contribution in [3.05, 3.63) is 66.4 Å². The van der Waals surface area contributed by atoms with E-state index in [9.17, 15) is 5.21 Å². The summed E-state index contributed by atoms with van der Waals surface area (Å²) in [6.45, 7) is 0. The Bertz CT molecular complexity index is 1010. The van der Waals surface area contributed by atoms with Gasteiger partial charge in [0.1, 0.15) is 16.6 Å². The van der Waals surface area contributed by atoms with Crippen molar-refractivity contribution in [1.82, 2.24) is 9.38 Å². The molecule has 0 spiro atoms. The number of benzene rings is 1. The molecule has 21 heavy (non-hydrogen) atoms.